The minimum Gasteiger partial charge on any atom is -0.465 e. The van der Waals surface area contributed by atoms with Gasteiger partial charge in [0.25, 0.3) is 0 Å². The Morgan fingerprint density at radius 3 is 2.69 bits per heavy atom. The first kappa shape index (κ1) is 11.4. The van der Waals surface area contributed by atoms with Crippen LogP contribution in [0.25, 0.3) is 0 Å². The number of benzene rings is 1. The first-order valence-electron chi connectivity index (χ1n) is 5.96. The molecule has 88 valence electrons. The van der Waals surface area contributed by atoms with E-state index >= 15 is 0 Å². The van der Waals surface area contributed by atoms with Gasteiger partial charge in [-0.1, -0.05) is 12.1 Å². The SMILES string of the molecule is NCCc1ccc(O[C@H]2CCCCO2)cc1. The molecule has 2 N–H and O–H groups in total. The molecule has 1 saturated heterocycles. The summed E-state index contributed by atoms with van der Waals surface area (Å²) in [5, 5.41) is 0. The van der Waals surface area contributed by atoms with Gasteiger partial charge in [-0.05, 0) is 43.5 Å². The van der Waals surface area contributed by atoms with Crippen LogP contribution in [0, 0.1) is 0 Å². The zero-order chi connectivity index (χ0) is 11.2. The van der Waals surface area contributed by atoms with Crippen LogP contribution in [0.5, 0.6) is 5.75 Å². The lowest BCUT2D eigenvalue weighted by Crippen LogP contribution is -2.24. The topological polar surface area (TPSA) is 44.5 Å². The van der Waals surface area contributed by atoms with Crippen LogP contribution in [0.4, 0.5) is 0 Å². The fraction of sp³-hybridized carbons (Fsp3) is 0.538. The molecule has 0 amide bonds. The zero-order valence-electron chi connectivity index (χ0n) is 9.52. The van der Waals surface area contributed by atoms with Crippen LogP contribution in [0.15, 0.2) is 24.3 Å². The maximum Gasteiger partial charge on any atom is 0.199 e. The van der Waals surface area contributed by atoms with E-state index in [-0.39, 0.29) is 6.29 Å². The molecule has 0 bridgehead atoms. The van der Waals surface area contributed by atoms with E-state index in [1.54, 1.807) is 0 Å². The summed E-state index contributed by atoms with van der Waals surface area (Å²) in [6.07, 6.45) is 4.19. The molecule has 0 unspecified atom stereocenters. The summed E-state index contributed by atoms with van der Waals surface area (Å²) >= 11 is 0. The van der Waals surface area contributed by atoms with Crippen molar-refractivity contribution in [3.8, 4) is 5.75 Å². The highest BCUT2D eigenvalue weighted by Gasteiger charge is 2.14. The van der Waals surface area contributed by atoms with Crippen molar-refractivity contribution in [3.05, 3.63) is 29.8 Å². The van der Waals surface area contributed by atoms with Crippen LogP contribution in [-0.2, 0) is 11.2 Å². The predicted molar refractivity (Wildman–Crippen MR) is 63.4 cm³/mol. The molecule has 0 spiro atoms. The second-order valence-electron chi connectivity index (χ2n) is 4.10. The summed E-state index contributed by atoms with van der Waals surface area (Å²) in [6, 6.07) is 8.10. The molecule has 3 heteroatoms. The highest BCUT2D eigenvalue weighted by atomic mass is 16.7. The van der Waals surface area contributed by atoms with Gasteiger partial charge in [0.05, 0.1) is 6.61 Å². The van der Waals surface area contributed by atoms with Crippen LogP contribution in [0.2, 0.25) is 0 Å². The minimum atomic E-state index is -0.0610. The number of nitrogens with two attached hydrogens (primary N) is 1. The molecule has 1 aromatic rings. The third kappa shape index (κ3) is 3.22. The van der Waals surface area contributed by atoms with E-state index in [1.807, 2.05) is 12.1 Å². The van der Waals surface area contributed by atoms with Crippen LogP contribution in [0.1, 0.15) is 24.8 Å². The van der Waals surface area contributed by atoms with E-state index in [9.17, 15) is 0 Å². The first-order chi connectivity index (χ1) is 7.88. The number of ether oxygens (including phenoxy) is 2. The van der Waals surface area contributed by atoms with Crippen LogP contribution >= 0.6 is 0 Å². The number of hydrogen-bond acceptors (Lipinski definition) is 3. The average Bonchev–Trinajstić information content (AvgIpc) is 2.33. The maximum atomic E-state index is 5.73. The first-order valence-corrected chi connectivity index (χ1v) is 5.96. The molecule has 3 nitrogen and oxygen atoms in total. The number of hydrogen-bond donors (Lipinski definition) is 1. The molecule has 0 aromatic heterocycles. The Balaban J connectivity index is 1.88. The van der Waals surface area contributed by atoms with Gasteiger partial charge < -0.3 is 15.2 Å². The van der Waals surface area contributed by atoms with Crippen LogP contribution in [-0.4, -0.2) is 19.4 Å². The van der Waals surface area contributed by atoms with Crippen molar-refractivity contribution in [2.45, 2.75) is 32.0 Å². The molecular formula is C13H19NO2. The second kappa shape index (κ2) is 5.87. The summed E-state index contributed by atoms with van der Waals surface area (Å²) in [5.74, 6) is 0.882. The van der Waals surface area contributed by atoms with Crippen molar-refractivity contribution in [3.63, 3.8) is 0 Å². The molecule has 2 rings (SSSR count). The van der Waals surface area contributed by atoms with Gasteiger partial charge in [-0.15, -0.1) is 0 Å². The van der Waals surface area contributed by atoms with Gasteiger partial charge in [0.15, 0.2) is 6.29 Å². The van der Waals surface area contributed by atoms with Gasteiger partial charge in [-0.25, -0.2) is 0 Å². The largest absolute Gasteiger partial charge is 0.465 e. The van der Waals surface area contributed by atoms with Gasteiger partial charge in [-0.3, -0.25) is 0 Å². The summed E-state index contributed by atoms with van der Waals surface area (Å²) in [6.45, 7) is 1.50. The predicted octanol–water partition coefficient (Wildman–Crippen LogP) is 2.09. The van der Waals surface area contributed by atoms with Gasteiger partial charge in [-0.2, -0.15) is 0 Å². The van der Waals surface area contributed by atoms with Crippen LogP contribution in [0.3, 0.4) is 0 Å². The fourth-order valence-corrected chi connectivity index (χ4v) is 1.86. The van der Waals surface area contributed by atoms with E-state index in [2.05, 4.69) is 12.1 Å². The molecule has 1 fully saturated rings. The smallest absolute Gasteiger partial charge is 0.199 e. The zero-order valence-corrected chi connectivity index (χ0v) is 9.52. The minimum absolute atomic E-state index is 0.0610. The lowest BCUT2D eigenvalue weighted by atomic mass is 10.1. The molecule has 0 radical (unpaired) electrons. The highest BCUT2D eigenvalue weighted by Crippen LogP contribution is 2.19. The third-order valence-electron chi connectivity index (χ3n) is 2.76. The Labute approximate surface area is 96.5 Å². The number of rotatable bonds is 4. The van der Waals surface area contributed by atoms with E-state index < -0.39 is 0 Å². The Kier molecular flexibility index (Phi) is 4.19. The van der Waals surface area contributed by atoms with Gasteiger partial charge in [0.2, 0.25) is 0 Å². The van der Waals surface area contributed by atoms with Gasteiger partial charge >= 0.3 is 0 Å². The Morgan fingerprint density at radius 1 is 1.25 bits per heavy atom. The van der Waals surface area contributed by atoms with E-state index in [0.29, 0.717) is 6.54 Å². The molecule has 1 aliphatic rings. The summed E-state index contributed by atoms with van der Waals surface area (Å²) in [4.78, 5) is 0. The normalized spacial score (nSPS) is 20.7. The van der Waals surface area contributed by atoms with Crippen molar-refractivity contribution in [1.29, 1.82) is 0 Å². The highest BCUT2D eigenvalue weighted by molar-refractivity contribution is 5.27. The molecule has 16 heavy (non-hydrogen) atoms. The van der Waals surface area contributed by atoms with Crippen LogP contribution < -0.4 is 10.5 Å². The van der Waals surface area contributed by atoms with Gasteiger partial charge in [0, 0.05) is 6.42 Å². The summed E-state index contributed by atoms with van der Waals surface area (Å²) < 4.78 is 11.3. The standard InChI is InChI=1S/C13H19NO2/c14-9-8-11-4-6-12(7-5-11)16-13-3-1-2-10-15-13/h4-7,13H,1-3,8-10,14H2/t13-/m0/s1. The molecule has 1 heterocycles. The molecule has 0 aliphatic carbocycles. The van der Waals surface area contributed by atoms with Crippen molar-refractivity contribution in [2.75, 3.05) is 13.2 Å². The summed E-state index contributed by atoms with van der Waals surface area (Å²) in [5.41, 5.74) is 6.75. The van der Waals surface area contributed by atoms with Crippen molar-refractivity contribution < 1.29 is 9.47 Å². The quantitative estimate of drug-likeness (QED) is 0.846. The molecular weight excluding hydrogens is 202 g/mol. The lowest BCUT2D eigenvalue weighted by Gasteiger charge is -2.23. The lowest BCUT2D eigenvalue weighted by molar-refractivity contribution is -0.105. The van der Waals surface area contributed by atoms with Crippen molar-refractivity contribution in [1.82, 2.24) is 0 Å². The second-order valence-corrected chi connectivity index (χ2v) is 4.10. The monoisotopic (exact) mass is 221 g/mol. The molecule has 1 aliphatic heterocycles. The van der Waals surface area contributed by atoms with Crippen molar-refractivity contribution >= 4 is 0 Å². The Bertz CT molecular complexity index is 304. The molecule has 0 saturated carbocycles. The molecule has 1 atom stereocenters. The fourth-order valence-electron chi connectivity index (χ4n) is 1.86. The van der Waals surface area contributed by atoms with E-state index in [1.165, 1.54) is 12.0 Å². The van der Waals surface area contributed by atoms with E-state index in [0.717, 1.165) is 31.6 Å². The van der Waals surface area contributed by atoms with Crippen molar-refractivity contribution in [2.24, 2.45) is 5.73 Å². The Hall–Kier alpha value is -1.06. The van der Waals surface area contributed by atoms with E-state index in [4.69, 9.17) is 15.2 Å². The third-order valence-corrected chi connectivity index (χ3v) is 2.76. The Morgan fingerprint density at radius 2 is 2.06 bits per heavy atom. The molecule has 1 aromatic carbocycles. The average molecular weight is 221 g/mol. The maximum absolute atomic E-state index is 5.73. The van der Waals surface area contributed by atoms with Gasteiger partial charge in [0.1, 0.15) is 5.75 Å². The summed E-state index contributed by atoms with van der Waals surface area (Å²) in [7, 11) is 0.